The van der Waals surface area contributed by atoms with Gasteiger partial charge in [0.1, 0.15) is 5.82 Å². The number of nitrogens with zero attached hydrogens (tertiary/aromatic N) is 3. The van der Waals surface area contributed by atoms with Crippen LogP contribution in [0.1, 0.15) is 18.7 Å². The summed E-state index contributed by atoms with van der Waals surface area (Å²) in [5.41, 5.74) is 0. The summed E-state index contributed by atoms with van der Waals surface area (Å²) in [6.45, 7) is 1.48. The Morgan fingerprint density at radius 1 is 1.52 bits per heavy atom. The molecule has 9 heteroatoms. The van der Waals surface area contributed by atoms with Gasteiger partial charge in [0.25, 0.3) is 0 Å². The molecule has 2 aromatic rings. The van der Waals surface area contributed by atoms with Gasteiger partial charge in [-0.1, -0.05) is 0 Å². The molecule has 3 N–H and O–H groups in total. The smallest absolute Gasteiger partial charge is 0.216 e. The zero-order valence-electron chi connectivity index (χ0n) is 12.9. The van der Waals surface area contributed by atoms with Gasteiger partial charge in [0.15, 0.2) is 11.7 Å². The molecule has 1 aliphatic heterocycles. The molecule has 1 saturated heterocycles. The number of aromatic nitrogens is 3. The Balaban J connectivity index is 0.00000192. The SMILES string of the molecule is CN=C(NCc1nc(-c2ccco2)n[nH]1)NCC1CCCS1.I. The van der Waals surface area contributed by atoms with Crippen LogP contribution in [0.25, 0.3) is 11.6 Å². The minimum absolute atomic E-state index is 0. The van der Waals surface area contributed by atoms with Crippen LogP contribution in [0, 0.1) is 0 Å². The minimum atomic E-state index is 0. The van der Waals surface area contributed by atoms with Crippen LogP contribution in [0.5, 0.6) is 0 Å². The average Bonchev–Trinajstić information content (AvgIpc) is 3.29. The number of hydrogen-bond acceptors (Lipinski definition) is 5. The molecule has 0 radical (unpaired) electrons. The highest BCUT2D eigenvalue weighted by Crippen LogP contribution is 2.25. The van der Waals surface area contributed by atoms with E-state index in [4.69, 9.17) is 4.42 Å². The fourth-order valence-corrected chi connectivity index (χ4v) is 3.50. The first-order chi connectivity index (χ1) is 10.8. The van der Waals surface area contributed by atoms with Crippen LogP contribution >= 0.6 is 35.7 Å². The van der Waals surface area contributed by atoms with Crippen LogP contribution in [-0.4, -0.2) is 45.7 Å². The number of hydrogen-bond donors (Lipinski definition) is 3. The number of halogens is 1. The number of thioether (sulfide) groups is 1. The fraction of sp³-hybridized carbons (Fsp3) is 0.500. The van der Waals surface area contributed by atoms with Crippen molar-refractivity contribution in [3.05, 3.63) is 24.2 Å². The monoisotopic (exact) mass is 448 g/mol. The number of aliphatic imine (C=N–C) groups is 1. The van der Waals surface area contributed by atoms with E-state index in [9.17, 15) is 0 Å². The highest BCUT2D eigenvalue weighted by atomic mass is 127. The van der Waals surface area contributed by atoms with Crippen molar-refractivity contribution >= 4 is 41.7 Å². The highest BCUT2D eigenvalue weighted by Gasteiger charge is 2.15. The molecule has 0 aliphatic carbocycles. The minimum Gasteiger partial charge on any atom is -0.461 e. The van der Waals surface area contributed by atoms with Crippen LogP contribution in [0.2, 0.25) is 0 Å². The van der Waals surface area contributed by atoms with Crippen LogP contribution in [0.3, 0.4) is 0 Å². The highest BCUT2D eigenvalue weighted by molar-refractivity contribution is 14.0. The Hall–Kier alpha value is -1.23. The molecule has 0 aromatic carbocycles. The maximum atomic E-state index is 5.27. The first-order valence-corrected chi connectivity index (χ1v) is 8.41. The summed E-state index contributed by atoms with van der Waals surface area (Å²) in [4.78, 5) is 8.61. The Bertz CT molecular complexity index is 609. The third-order valence-electron chi connectivity index (χ3n) is 3.44. The molecule has 3 heterocycles. The summed E-state index contributed by atoms with van der Waals surface area (Å²) >= 11 is 2.03. The van der Waals surface area contributed by atoms with E-state index in [0.717, 1.165) is 18.3 Å². The molecule has 1 unspecified atom stereocenters. The van der Waals surface area contributed by atoms with Crippen LogP contribution in [0.4, 0.5) is 0 Å². The zero-order valence-corrected chi connectivity index (χ0v) is 16.1. The third-order valence-corrected chi connectivity index (χ3v) is 4.84. The van der Waals surface area contributed by atoms with Gasteiger partial charge in [0.2, 0.25) is 5.82 Å². The lowest BCUT2D eigenvalue weighted by Crippen LogP contribution is -2.39. The largest absolute Gasteiger partial charge is 0.461 e. The van der Waals surface area contributed by atoms with E-state index in [1.165, 1.54) is 18.6 Å². The van der Waals surface area contributed by atoms with E-state index in [-0.39, 0.29) is 24.0 Å². The van der Waals surface area contributed by atoms with E-state index in [0.29, 0.717) is 23.4 Å². The topological polar surface area (TPSA) is 91.1 Å². The van der Waals surface area contributed by atoms with Crippen molar-refractivity contribution in [2.45, 2.75) is 24.6 Å². The van der Waals surface area contributed by atoms with Gasteiger partial charge in [-0.05, 0) is 30.7 Å². The van der Waals surface area contributed by atoms with Crippen molar-refractivity contribution in [1.82, 2.24) is 25.8 Å². The number of aromatic amines is 1. The molecule has 2 aromatic heterocycles. The molecule has 0 spiro atoms. The van der Waals surface area contributed by atoms with Crippen molar-refractivity contribution in [2.75, 3.05) is 19.3 Å². The molecule has 1 fully saturated rings. The Kier molecular flexibility index (Phi) is 7.21. The summed E-state index contributed by atoms with van der Waals surface area (Å²) in [5.74, 6) is 4.01. The zero-order chi connectivity index (χ0) is 15.2. The fourth-order valence-electron chi connectivity index (χ4n) is 2.29. The van der Waals surface area contributed by atoms with Gasteiger partial charge in [0.05, 0.1) is 12.8 Å². The normalized spacial score (nSPS) is 17.8. The number of guanidine groups is 1. The summed E-state index contributed by atoms with van der Waals surface area (Å²) in [5, 5.41) is 14.3. The second-order valence-corrected chi connectivity index (χ2v) is 6.43. The van der Waals surface area contributed by atoms with E-state index in [1.54, 1.807) is 13.3 Å². The maximum absolute atomic E-state index is 5.27. The van der Waals surface area contributed by atoms with Gasteiger partial charge in [-0.3, -0.25) is 10.1 Å². The Labute approximate surface area is 156 Å². The molecular formula is C14H21IN6OS. The predicted octanol–water partition coefficient (Wildman–Crippen LogP) is 2.24. The molecule has 3 rings (SSSR count). The van der Waals surface area contributed by atoms with Gasteiger partial charge in [-0.15, -0.1) is 29.1 Å². The summed E-state index contributed by atoms with van der Waals surface area (Å²) < 4.78 is 5.27. The molecule has 1 aliphatic rings. The second-order valence-electron chi connectivity index (χ2n) is 5.02. The van der Waals surface area contributed by atoms with E-state index >= 15 is 0 Å². The summed E-state index contributed by atoms with van der Waals surface area (Å²) in [6, 6.07) is 3.65. The molecule has 126 valence electrons. The lowest BCUT2D eigenvalue weighted by atomic mass is 10.2. The van der Waals surface area contributed by atoms with Crippen molar-refractivity contribution in [3.63, 3.8) is 0 Å². The predicted molar refractivity (Wildman–Crippen MR) is 103 cm³/mol. The summed E-state index contributed by atoms with van der Waals surface area (Å²) in [6.07, 6.45) is 4.20. The van der Waals surface area contributed by atoms with Crippen molar-refractivity contribution in [2.24, 2.45) is 4.99 Å². The van der Waals surface area contributed by atoms with Gasteiger partial charge in [-0.25, -0.2) is 4.98 Å². The number of nitrogens with one attached hydrogen (secondary N) is 3. The first-order valence-electron chi connectivity index (χ1n) is 7.36. The van der Waals surface area contributed by atoms with Crippen molar-refractivity contribution in [3.8, 4) is 11.6 Å². The van der Waals surface area contributed by atoms with Crippen molar-refractivity contribution < 1.29 is 4.42 Å². The van der Waals surface area contributed by atoms with E-state index in [2.05, 4.69) is 30.8 Å². The lowest BCUT2D eigenvalue weighted by molar-refractivity contribution is 0.577. The Morgan fingerprint density at radius 2 is 2.43 bits per heavy atom. The molecule has 0 saturated carbocycles. The molecule has 7 nitrogen and oxygen atoms in total. The number of furan rings is 1. The lowest BCUT2D eigenvalue weighted by Gasteiger charge is -2.13. The molecule has 1 atom stereocenters. The summed E-state index contributed by atoms with van der Waals surface area (Å²) in [7, 11) is 1.77. The van der Waals surface area contributed by atoms with E-state index < -0.39 is 0 Å². The molecular weight excluding hydrogens is 427 g/mol. The average molecular weight is 448 g/mol. The molecule has 0 amide bonds. The first kappa shape index (κ1) is 18.1. The van der Waals surface area contributed by atoms with Crippen LogP contribution < -0.4 is 10.6 Å². The quantitative estimate of drug-likeness (QED) is 0.369. The van der Waals surface area contributed by atoms with E-state index in [1.807, 2.05) is 23.9 Å². The van der Waals surface area contributed by atoms with Gasteiger partial charge in [0, 0.05) is 18.8 Å². The van der Waals surface area contributed by atoms with Crippen LogP contribution in [-0.2, 0) is 6.54 Å². The van der Waals surface area contributed by atoms with Crippen LogP contribution in [0.15, 0.2) is 27.8 Å². The second kappa shape index (κ2) is 9.16. The van der Waals surface area contributed by atoms with Gasteiger partial charge in [-0.2, -0.15) is 11.8 Å². The number of H-pyrrole nitrogens is 1. The standard InChI is InChI=1S/C14H20N6OS.HI/c1-15-14(16-8-10-4-3-7-22-10)17-9-12-18-13(20-19-12)11-5-2-6-21-11;/h2,5-6,10H,3-4,7-9H2,1H3,(H2,15,16,17)(H,18,19,20);1H. The molecule has 23 heavy (non-hydrogen) atoms. The van der Waals surface area contributed by atoms with Gasteiger partial charge >= 0.3 is 0 Å². The molecule has 0 bridgehead atoms. The van der Waals surface area contributed by atoms with Gasteiger partial charge < -0.3 is 15.1 Å². The maximum Gasteiger partial charge on any atom is 0.216 e. The Morgan fingerprint density at radius 3 is 3.13 bits per heavy atom. The third kappa shape index (κ3) is 5.13. The number of rotatable bonds is 5. The van der Waals surface area contributed by atoms with Crippen molar-refractivity contribution in [1.29, 1.82) is 0 Å².